The number of hydroxylamine groups is 1. The van der Waals surface area contributed by atoms with E-state index in [2.05, 4.69) is 10.8 Å². The maximum absolute atomic E-state index is 11.5. The third-order valence-electron chi connectivity index (χ3n) is 2.73. The van der Waals surface area contributed by atoms with Gasteiger partial charge in [0.25, 0.3) is 5.91 Å². The average molecular weight is 323 g/mol. The summed E-state index contributed by atoms with van der Waals surface area (Å²) in [7, 11) is 0. The molecule has 0 aliphatic carbocycles. The van der Waals surface area contributed by atoms with Crippen LogP contribution in [-0.4, -0.2) is 30.8 Å². The number of alkyl carbamates (subject to hydrolysis) is 1. The molecule has 0 saturated heterocycles. The van der Waals surface area contributed by atoms with E-state index in [0.29, 0.717) is 19.6 Å². The van der Waals surface area contributed by atoms with Crippen molar-refractivity contribution in [3.8, 4) is 0 Å². The standard InChI is InChI=1S/C16H25N3O4/c1-16(2,3)23-15(21)18-11-14(20)19-22-9-8-12-4-6-13(10-17)7-5-12/h4-7H,8-11,17H2,1-3H3,(H,18,21)(H,19,20). The van der Waals surface area contributed by atoms with Crippen LogP contribution in [0.25, 0.3) is 0 Å². The predicted molar refractivity (Wildman–Crippen MR) is 86.4 cm³/mol. The van der Waals surface area contributed by atoms with Crippen LogP contribution in [0.15, 0.2) is 24.3 Å². The van der Waals surface area contributed by atoms with Crippen LogP contribution in [0.2, 0.25) is 0 Å². The summed E-state index contributed by atoms with van der Waals surface area (Å²) in [5.74, 6) is -0.450. The second-order valence-corrected chi connectivity index (χ2v) is 6.00. The molecule has 0 saturated carbocycles. The molecule has 23 heavy (non-hydrogen) atoms. The van der Waals surface area contributed by atoms with Gasteiger partial charge in [-0.2, -0.15) is 0 Å². The molecule has 2 amide bonds. The van der Waals surface area contributed by atoms with E-state index in [9.17, 15) is 9.59 Å². The highest BCUT2D eigenvalue weighted by molar-refractivity contribution is 5.81. The SMILES string of the molecule is CC(C)(C)OC(=O)NCC(=O)NOCCc1ccc(CN)cc1. The van der Waals surface area contributed by atoms with Crippen molar-refractivity contribution in [3.05, 3.63) is 35.4 Å². The van der Waals surface area contributed by atoms with Gasteiger partial charge in [0.15, 0.2) is 0 Å². The zero-order valence-electron chi connectivity index (χ0n) is 13.8. The van der Waals surface area contributed by atoms with Crippen molar-refractivity contribution in [2.45, 2.75) is 39.3 Å². The van der Waals surface area contributed by atoms with Crippen LogP contribution in [0.5, 0.6) is 0 Å². The zero-order chi connectivity index (χ0) is 17.3. The molecule has 1 aromatic rings. The fraction of sp³-hybridized carbons (Fsp3) is 0.500. The van der Waals surface area contributed by atoms with E-state index in [1.54, 1.807) is 20.8 Å². The van der Waals surface area contributed by atoms with Crippen molar-refractivity contribution in [2.75, 3.05) is 13.2 Å². The number of hydrogen-bond donors (Lipinski definition) is 3. The minimum absolute atomic E-state index is 0.208. The number of ether oxygens (including phenoxy) is 1. The highest BCUT2D eigenvalue weighted by Gasteiger charge is 2.16. The zero-order valence-corrected chi connectivity index (χ0v) is 13.8. The Hall–Kier alpha value is -2.12. The van der Waals surface area contributed by atoms with Crippen LogP contribution in [0.1, 0.15) is 31.9 Å². The van der Waals surface area contributed by atoms with Gasteiger partial charge in [-0.25, -0.2) is 10.3 Å². The lowest BCUT2D eigenvalue weighted by atomic mass is 10.1. The maximum Gasteiger partial charge on any atom is 0.408 e. The van der Waals surface area contributed by atoms with Gasteiger partial charge in [-0.05, 0) is 38.3 Å². The van der Waals surface area contributed by atoms with Crippen LogP contribution >= 0.6 is 0 Å². The highest BCUT2D eigenvalue weighted by atomic mass is 16.6. The van der Waals surface area contributed by atoms with Gasteiger partial charge < -0.3 is 15.8 Å². The Balaban J connectivity index is 2.15. The fourth-order valence-corrected chi connectivity index (χ4v) is 1.65. The smallest absolute Gasteiger partial charge is 0.408 e. The molecule has 1 rings (SSSR count). The summed E-state index contributed by atoms with van der Waals surface area (Å²) < 4.78 is 5.01. The first-order valence-corrected chi connectivity index (χ1v) is 7.45. The quantitative estimate of drug-likeness (QED) is 0.518. The molecule has 0 unspecified atom stereocenters. The van der Waals surface area contributed by atoms with Gasteiger partial charge in [0.2, 0.25) is 0 Å². The Morgan fingerprint density at radius 3 is 2.30 bits per heavy atom. The van der Waals surface area contributed by atoms with Crippen molar-refractivity contribution in [2.24, 2.45) is 5.73 Å². The van der Waals surface area contributed by atoms with E-state index in [-0.39, 0.29) is 6.54 Å². The average Bonchev–Trinajstić information content (AvgIpc) is 2.48. The first-order valence-electron chi connectivity index (χ1n) is 7.45. The molecule has 0 aliphatic rings. The van der Waals surface area contributed by atoms with Crippen LogP contribution in [0.4, 0.5) is 4.79 Å². The Bertz CT molecular complexity index is 509. The minimum Gasteiger partial charge on any atom is -0.444 e. The van der Waals surface area contributed by atoms with Crippen LogP contribution in [0, 0.1) is 0 Å². The van der Waals surface area contributed by atoms with Gasteiger partial charge >= 0.3 is 6.09 Å². The predicted octanol–water partition coefficient (Wildman–Crippen LogP) is 1.26. The van der Waals surface area contributed by atoms with E-state index in [0.717, 1.165) is 11.1 Å². The first kappa shape index (κ1) is 18.9. The summed E-state index contributed by atoms with van der Waals surface area (Å²) in [5.41, 5.74) is 9.34. The first-order chi connectivity index (χ1) is 10.8. The topological polar surface area (TPSA) is 103 Å². The molecule has 1 aromatic carbocycles. The lowest BCUT2D eigenvalue weighted by Gasteiger charge is -2.19. The summed E-state index contributed by atoms with van der Waals surface area (Å²) in [6, 6.07) is 7.85. The third kappa shape index (κ3) is 8.80. The van der Waals surface area contributed by atoms with E-state index in [1.165, 1.54) is 0 Å². The van der Waals surface area contributed by atoms with Gasteiger partial charge in [-0.3, -0.25) is 9.63 Å². The van der Waals surface area contributed by atoms with E-state index in [4.69, 9.17) is 15.3 Å². The van der Waals surface area contributed by atoms with Crippen LogP contribution < -0.4 is 16.5 Å². The molecular weight excluding hydrogens is 298 g/mol. The van der Waals surface area contributed by atoms with Gasteiger partial charge in [0.05, 0.1) is 6.61 Å². The van der Waals surface area contributed by atoms with Gasteiger partial charge in [0, 0.05) is 6.54 Å². The number of hydrogen-bond acceptors (Lipinski definition) is 5. The second-order valence-electron chi connectivity index (χ2n) is 6.00. The molecule has 0 aromatic heterocycles. The molecule has 0 fully saturated rings. The molecule has 7 heteroatoms. The number of nitrogens with one attached hydrogen (secondary N) is 2. The minimum atomic E-state index is -0.646. The molecule has 0 aliphatic heterocycles. The third-order valence-corrected chi connectivity index (χ3v) is 2.73. The number of rotatable bonds is 7. The van der Waals surface area contributed by atoms with Gasteiger partial charge in [-0.15, -0.1) is 0 Å². The number of benzene rings is 1. The van der Waals surface area contributed by atoms with Gasteiger partial charge in [0.1, 0.15) is 12.1 Å². The molecule has 0 heterocycles. The van der Waals surface area contributed by atoms with Crippen molar-refractivity contribution in [1.82, 2.24) is 10.8 Å². The van der Waals surface area contributed by atoms with Crippen molar-refractivity contribution >= 4 is 12.0 Å². The van der Waals surface area contributed by atoms with E-state index >= 15 is 0 Å². The lowest BCUT2D eigenvalue weighted by molar-refractivity contribution is -0.132. The molecule has 7 nitrogen and oxygen atoms in total. The van der Waals surface area contributed by atoms with E-state index < -0.39 is 17.6 Å². The number of carbonyl (C=O) groups excluding carboxylic acids is 2. The molecular formula is C16H25N3O4. The van der Waals surface area contributed by atoms with Crippen molar-refractivity contribution < 1.29 is 19.2 Å². The largest absolute Gasteiger partial charge is 0.444 e. The molecule has 0 spiro atoms. The maximum atomic E-state index is 11.5. The Morgan fingerprint density at radius 1 is 1.13 bits per heavy atom. The highest BCUT2D eigenvalue weighted by Crippen LogP contribution is 2.06. The Morgan fingerprint density at radius 2 is 1.74 bits per heavy atom. The monoisotopic (exact) mass is 323 g/mol. The summed E-state index contributed by atoms with van der Waals surface area (Å²) in [4.78, 5) is 27.9. The Labute approximate surface area is 136 Å². The molecule has 0 bridgehead atoms. The van der Waals surface area contributed by atoms with Crippen molar-refractivity contribution in [1.29, 1.82) is 0 Å². The summed E-state index contributed by atoms with van der Waals surface area (Å²) >= 11 is 0. The molecule has 128 valence electrons. The molecule has 0 atom stereocenters. The van der Waals surface area contributed by atoms with Gasteiger partial charge in [-0.1, -0.05) is 24.3 Å². The van der Waals surface area contributed by atoms with Crippen LogP contribution in [-0.2, 0) is 27.3 Å². The fourth-order valence-electron chi connectivity index (χ4n) is 1.65. The molecule has 0 radical (unpaired) electrons. The van der Waals surface area contributed by atoms with E-state index in [1.807, 2.05) is 24.3 Å². The molecule has 4 N–H and O–H groups in total. The number of amides is 2. The summed E-state index contributed by atoms with van der Waals surface area (Å²) in [6.45, 7) is 5.87. The summed E-state index contributed by atoms with van der Waals surface area (Å²) in [5, 5.41) is 2.35. The number of carbonyl (C=O) groups is 2. The normalized spacial score (nSPS) is 11.0. The van der Waals surface area contributed by atoms with Crippen LogP contribution in [0.3, 0.4) is 0 Å². The summed E-state index contributed by atoms with van der Waals surface area (Å²) in [6.07, 6.45) is 0.0117. The second kappa shape index (κ2) is 9.12. The lowest BCUT2D eigenvalue weighted by Crippen LogP contribution is -2.39. The number of nitrogens with two attached hydrogens (primary N) is 1. The van der Waals surface area contributed by atoms with Crippen molar-refractivity contribution in [3.63, 3.8) is 0 Å². The Kier molecular flexibility index (Phi) is 7.50.